The summed E-state index contributed by atoms with van der Waals surface area (Å²) >= 11 is 0. The van der Waals surface area contributed by atoms with Crippen LogP contribution in [0.2, 0.25) is 0 Å². The zero-order chi connectivity index (χ0) is 17.2. The van der Waals surface area contributed by atoms with Crippen molar-refractivity contribution < 1.29 is 0 Å². The minimum Gasteiger partial charge on any atom is -0.370 e. The number of aliphatic imine (C=N–C) groups is 1. The molecule has 0 aromatic heterocycles. The summed E-state index contributed by atoms with van der Waals surface area (Å²) in [6.45, 7) is 11.7. The van der Waals surface area contributed by atoms with E-state index in [2.05, 4.69) is 58.2 Å². The third kappa shape index (κ3) is 6.40. The van der Waals surface area contributed by atoms with Crippen molar-refractivity contribution in [1.29, 1.82) is 0 Å². The Kier molecular flexibility index (Phi) is 7.89. The van der Waals surface area contributed by atoms with Crippen LogP contribution >= 0.6 is 0 Å². The Labute approximate surface area is 146 Å². The first-order valence-corrected chi connectivity index (χ1v) is 9.27. The number of nitrogens with two attached hydrogens (primary N) is 1. The van der Waals surface area contributed by atoms with Crippen LogP contribution in [0.4, 0.5) is 5.69 Å². The minimum atomic E-state index is 0.587. The van der Waals surface area contributed by atoms with E-state index >= 15 is 0 Å². The maximum absolute atomic E-state index is 5.79. The Bertz CT molecular complexity index is 506. The van der Waals surface area contributed by atoms with Crippen LogP contribution in [0.1, 0.15) is 31.7 Å². The van der Waals surface area contributed by atoms with Crippen LogP contribution < -0.4 is 16.0 Å². The first-order chi connectivity index (χ1) is 11.7. The SMILES string of the molecule is CCCN=C(N)NCCCCN1CCN(c2cccc(C)c2)CC1. The molecule has 3 N–H and O–H groups in total. The van der Waals surface area contributed by atoms with Crippen LogP contribution in [0.15, 0.2) is 29.3 Å². The van der Waals surface area contributed by atoms with Crippen LogP contribution in [0.25, 0.3) is 0 Å². The van der Waals surface area contributed by atoms with Gasteiger partial charge < -0.3 is 16.0 Å². The molecule has 0 amide bonds. The first-order valence-electron chi connectivity index (χ1n) is 9.27. The van der Waals surface area contributed by atoms with Gasteiger partial charge in [0.25, 0.3) is 0 Å². The Balaban J connectivity index is 1.58. The summed E-state index contributed by atoms with van der Waals surface area (Å²) in [5.41, 5.74) is 8.49. The monoisotopic (exact) mass is 331 g/mol. The van der Waals surface area contributed by atoms with Gasteiger partial charge in [-0.1, -0.05) is 19.1 Å². The zero-order valence-corrected chi connectivity index (χ0v) is 15.3. The van der Waals surface area contributed by atoms with Crippen molar-refractivity contribution in [2.24, 2.45) is 10.7 Å². The van der Waals surface area contributed by atoms with E-state index in [1.54, 1.807) is 0 Å². The average Bonchev–Trinajstić information content (AvgIpc) is 2.60. The number of nitrogens with one attached hydrogen (secondary N) is 1. The third-order valence-corrected chi connectivity index (χ3v) is 4.45. The predicted octanol–water partition coefficient (Wildman–Crippen LogP) is 2.21. The molecule has 0 spiro atoms. The molecule has 1 aliphatic heterocycles. The highest BCUT2D eigenvalue weighted by Crippen LogP contribution is 2.17. The number of anilines is 1. The number of aryl methyl sites for hydroxylation is 1. The largest absolute Gasteiger partial charge is 0.370 e. The van der Waals surface area contributed by atoms with Crippen molar-refractivity contribution in [3.05, 3.63) is 29.8 Å². The lowest BCUT2D eigenvalue weighted by atomic mass is 10.2. The highest BCUT2D eigenvalue weighted by molar-refractivity contribution is 5.77. The van der Waals surface area contributed by atoms with E-state index in [0.29, 0.717) is 5.96 Å². The molecule has 0 radical (unpaired) electrons. The number of hydrogen-bond donors (Lipinski definition) is 2. The van der Waals surface area contributed by atoms with Crippen molar-refractivity contribution in [3.8, 4) is 0 Å². The zero-order valence-electron chi connectivity index (χ0n) is 15.3. The van der Waals surface area contributed by atoms with Gasteiger partial charge in [0.1, 0.15) is 0 Å². The summed E-state index contributed by atoms with van der Waals surface area (Å²) in [7, 11) is 0. The number of rotatable bonds is 8. The Hall–Kier alpha value is -1.75. The second-order valence-electron chi connectivity index (χ2n) is 6.57. The van der Waals surface area contributed by atoms with Gasteiger partial charge in [-0.25, -0.2) is 0 Å². The van der Waals surface area contributed by atoms with Crippen LogP contribution in [0.3, 0.4) is 0 Å². The molecule has 0 bridgehead atoms. The molecule has 1 aliphatic rings. The fraction of sp³-hybridized carbons (Fsp3) is 0.632. The number of nitrogens with zero attached hydrogens (tertiary/aromatic N) is 3. The lowest BCUT2D eigenvalue weighted by Crippen LogP contribution is -2.46. The van der Waals surface area contributed by atoms with Gasteiger partial charge in [-0.2, -0.15) is 0 Å². The van der Waals surface area contributed by atoms with Gasteiger partial charge in [0.2, 0.25) is 0 Å². The van der Waals surface area contributed by atoms with Gasteiger partial charge >= 0.3 is 0 Å². The summed E-state index contributed by atoms with van der Waals surface area (Å²) in [5, 5.41) is 3.19. The molecular weight excluding hydrogens is 298 g/mol. The van der Waals surface area contributed by atoms with Crippen molar-refractivity contribution in [1.82, 2.24) is 10.2 Å². The molecule has 0 saturated carbocycles. The molecule has 24 heavy (non-hydrogen) atoms. The first kappa shape index (κ1) is 18.6. The Morgan fingerprint density at radius 3 is 2.71 bits per heavy atom. The van der Waals surface area contributed by atoms with Gasteiger partial charge in [-0.15, -0.1) is 0 Å². The number of benzene rings is 1. The Morgan fingerprint density at radius 1 is 1.21 bits per heavy atom. The summed E-state index contributed by atoms with van der Waals surface area (Å²) < 4.78 is 0. The summed E-state index contributed by atoms with van der Waals surface area (Å²) in [4.78, 5) is 9.31. The van der Waals surface area contributed by atoms with Gasteiger partial charge in [0.05, 0.1) is 0 Å². The van der Waals surface area contributed by atoms with Crippen molar-refractivity contribution in [3.63, 3.8) is 0 Å². The molecule has 1 saturated heterocycles. The number of guanidine groups is 1. The lowest BCUT2D eigenvalue weighted by Gasteiger charge is -2.36. The van der Waals surface area contributed by atoms with E-state index in [0.717, 1.165) is 52.1 Å². The summed E-state index contributed by atoms with van der Waals surface area (Å²) in [6.07, 6.45) is 3.38. The normalized spacial score (nSPS) is 16.4. The number of hydrogen-bond acceptors (Lipinski definition) is 3. The number of unbranched alkanes of at least 4 members (excludes halogenated alkanes) is 1. The summed E-state index contributed by atoms with van der Waals surface area (Å²) in [6, 6.07) is 8.82. The van der Waals surface area contributed by atoms with Gasteiger partial charge in [0.15, 0.2) is 5.96 Å². The van der Waals surface area contributed by atoms with E-state index in [9.17, 15) is 0 Å². The fourth-order valence-electron chi connectivity index (χ4n) is 3.02. The molecule has 5 nitrogen and oxygen atoms in total. The van der Waals surface area contributed by atoms with Gasteiger partial charge in [-0.05, 0) is 50.4 Å². The second kappa shape index (κ2) is 10.2. The fourth-order valence-corrected chi connectivity index (χ4v) is 3.02. The van der Waals surface area contributed by atoms with Crippen LogP contribution in [-0.4, -0.2) is 56.7 Å². The van der Waals surface area contributed by atoms with Gasteiger partial charge in [0, 0.05) is 45.0 Å². The topological polar surface area (TPSA) is 56.9 Å². The van der Waals surface area contributed by atoms with Crippen molar-refractivity contribution >= 4 is 11.6 Å². The van der Waals surface area contributed by atoms with Crippen molar-refractivity contribution in [2.45, 2.75) is 33.1 Å². The van der Waals surface area contributed by atoms with Crippen molar-refractivity contribution in [2.75, 3.05) is 50.7 Å². The molecular formula is C19H33N5. The van der Waals surface area contributed by atoms with E-state index in [1.165, 1.54) is 24.2 Å². The van der Waals surface area contributed by atoms with E-state index in [4.69, 9.17) is 5.73 Å². The maximum Gasteiger partial charge on any atom is 0.188 e. The molecule has 0 unspecified atom stereocenters. The van der Waals surface area contributed by atoms with Gasteiger partial charge in [-0.3, -0.25) is 9.89 Å². The molecule has 1 aromatic carbocycles. The molecule has 1 aromatic rings. The minimum absolute atomic E-state index is 0.587. The summed E-state index contributed by atoms with van der Waals surface area (Å²) in [5.74, 6) is 0.587. The standard InChI is InChI=1S/C19H33N5/c1-3-9-21-19(20)22-10-4-5-11-23-12-14-24(15-13-23)18-8-6-7-17(2)16-18/h6-8,16H,3-5,9-15H2,1-2H3,(H3,20,21,22). The smallest absolute Gasteiger partial charge is 0.188 e. The van der Waals surface area contributed by atoms with Crippen LogP contribution in [0, 0.1) is 6.92 Å². The molecule has 134 valence electrons. The van der Waals surface area contributed by atoms with Crippen LogP contribution in [-0.2, 0) is 0 Å². The molecule has 0 aliphatic carbocycles. The Morgan fingerprint density at radius 2 is 2.00 bits per heavy atom. The van der Waals surface area contributed by atoms with E-state index in [1.807, 2.05) is 0 Å². The maximum atomic E-state index is 5.79. The third-order valence-electron chi connectivity index (χ3n) is 4.45. The van der Waals surface area contributed by atoms with Crippen LogP contribution in [0.5, 0.6) is 0 Å². The molecule has 1 fully saturated rings. The predicted molar refractivity (Wildman–Crippen MR) is 104 cm³/mol. The highest BCUT2D eigenvalue weighted by Gasteiger charge is 2.16. The highest BCUT2D eigenvalue weighted by atomic mass is 15.3. The average molecular weight is 332 g/mol. The quantitative estimate of drug-likeness (QED) is 0.436. The lowest BCUT2D eigenvalue weighted by molar-refractivity contribution is 0.253. The van der Waals surface area contributed by atoms with E-state index in [-0.39, 0.29) is 0 Å². The molecule has 5 heteroatoms. The molecule has 1 heterocycles. The molecule has 0 atom stereocenters. The van der Waals surface area contributed by atoms with E-state index < -0.39 is 0 Å². The second-order valence-corrected chi connectivity index (χ2v) is 6.57. The molecule has 2 rings (SSSR count). The number of piperazine rings is 1.